The minimum absolute atomic E-state index is 0.0124. The molecular formula is C22H20ClFN2O4S. The molecule has 2 N–H and O–H groups in total. The van der Waals surface area contributed by atoms with Crippen LogP contribution in [0.5, 0.6) is 5.75 Å². The van der Waals surface area contributed by atoms with Crippen LogP contribution >= 0.6 is 11.6 Å². The molecule has 0 aliphatic carbocycles. The summed E-state index contributed by atoms with van der Waals surface area (Å²) in [6.45, 7) is 2.49. The molecule has 0 fully saturated rings. The summed E-state index contributed by atoms with van der Waals surface area (Å²) in [5, 5.41) is 2.76. The number of anilines is 1. The van der Waals surface area contributed by atoms with Crippen molar-refractivity contribution in [3.63, 3.8) is 0 Å². The van der Waals surface area contributed by atoms with Crippen LogP contribution in [0.4, 0.5) is 10.1 Å². The van der Waals surface area contributed by atoms with Crippen molar-refractivity contribution in [1.82, 2.24) is 5.32 Å². The van der Waals surface area contributed by atoms with Gasteiger partial charge in [0, 0.05) is 12.2 Å². The quantitative estimate of drug-likeness (QED) is 0.512. The lowest BCUT2D eigenvalue weighted by atomic mass is 10.2. The summed E-state index contributed by atoms with van der Waals surface area (Å²) in [6, 6.07) is 16.0. The monoisotopic (exact) mass is 462 g/mol. The van der Waals surface area contributed by atoms with Gasteiger partial charge in [0.1, 0.15) is 11.6 Å². The van der Waals surface area contributed by atoms with Gasteiger partial charge in [-0.25, -0.2) is 12.8 Å². The standard InChI is InChI=1S/C22H20ClFN2O4S/c1-2-30-18-9-7-17(8-10-18)26-31(28,29)19-11-12-21(23)20(13-19)22(27)25-14-15-3-5-16(24)6-4-15/h3-13,26H,2,14H2,1H3,(H,25,27). The molecule has 3 aromatic carbocycles. The Morgan fingerprint density at radius 3 is 2.35 bits per heavy atom. The number of ether oxygens (including phenoxy) is 1. The maximum atomic E-state index is 13.0. The minimum Gasteiger partial charge on any atom is -0.494 e. The van der Waals surface area contributed by atoms with E-state index in [-0.39, 0.29) is 27.8 Å². The molecule has 0 heterocycles. The Morgan fingerprint density at radius 2 is 1.71 bits per heavy atom. The predicted octanol–water partition coefficient (Wildman–Crippen LogP) is 4.61. The van der Waals surface area contributed by atoms with Crippen LogP contribution in [0.25, 0.3) is 0 Å². The molecule has 0 aliphatic heterocycles. The SMILES string of the molecule is CCOc1ccc(NS(=O)(=O)c2ccc(Cl)c(C(=O)NCc3ccc(F)cc3)c2)cc1. The number of carbonyl (C=O) groups excluding carboxylic acids is 1. The summed E-state index contributed by atoms with van der Waals surface area (Å²) < 4.78 is 46.3. The van der Waals surface area contributed by atoms with Crippen LogP contribution in [0, 0.1) is 5.82 Å². The molecule has 6 nitrogen and oxygen atoms in total. The summed E-state index contributed by atoms with van der Waals surface area (Å²) in [4.78, 5) is 12.4. The summed E-state index contributed by atoms with van der Waals surface area (Å²) in [5.74, 6) is -0.305. The highest BCUT2D eigenvalue weighted by Gasteiger charge is 2.19. The van der Waals surface area contributed by atoms with Crippen molar-refractivity contribution >= 4 is 33.2 Å². The van der Waals surface area contributed by atoms with Gasteiger partial charge in [0.25, 0.3) is 15.9 Å². The van der Waals surface area contributed by atoms with E-state index in [0.717, 1.165) is 0 Å². The first-order chi connectivity index (χ1) is 14.8. The van der Waals surface area contributed by atoms with Crippen LogP contribution in [0.15, 0.2) is 71.6 Å². The smallest absolute Gasteiger partial charge is 0.261 e. The molecule has 9 heteroatoms. The summed E-state index contributed by atoms with van der Waals surface area (Å²) in [7, 11) is -3.95. The van der Waals surface area contributed by atoms with Gasteiger partial charge in [-0.3, -0.25) is 9.52 Å². The van der Waals surface area contributed by atoms with Crippen molar-refractivity contribution in [2.75, 3.05) is 11.3 Å². The fraction of sp³-hybridized carbons (Fsp3) is 0.136. The van der Waals surface area contributed by atoms with Gasteiger partial charge >= 0.3 is 0 Å². The molecule has 0 aliphatic rings. The summed E-state index contributed by atoms with van der Waals surface area (Å²) >= 11 is 6.11. The van der Waals surface area contributed by atoms with Crippen molar-refractivity contribution in [2.45, 2.75) is 18.4 Å². The lowest BCUT2D eigenvalue weighted by Gasteiger charge is -2.12. The third kappa shape index (κ3) is 5.96. The second kappa shape index (κ2) is 9.80. The average Bonchev–Trinajstić information content (AvgIpc) is 2.74. The zero-order chi connectivity index (χ0) is 22.4. The number of carbonyl (C=O) groups is 1. The van der Waals surface area contributed by atoms with E-state index in [9.17, 15) is 17.6 Å². The van der Waals surface area contributed by atoms with Gasteiger partial charge in [-0.05, 0) is 67.1 Å². The van der Waals surface area contributed by atoms with Gasteiger partial charge in [-0.15, -0.1) is 0 Å². The van der Waals surface area contributed by atoms with Crippen molar-refractivity contribution in [3.05, 3.63) is 88.7 Å². The maximum absolute atomic E-state index is 13.0. The summed E-state index contributed by atoms with van der Waals surface area (Å²) in [6.07, 6.45) is 0. The summed E-state index contributed by atoms with van der Waals surface area (Å²) in [5.41, 5.74) is 1.05. The van der Waals surface area contributed by atoms with Gasteiger partial charge in [-0.2, -0.15) is 0 Å². The number of hydrogen-bond donors (Lipinski definition) is 2. The fourth-order valence-electron chi connectivity index (χ4n) is 2.73. The van der Waals surface area contributed by atoms with Crippen LogP contribution in [-0.2, 0) is 16.6 Å². The number of sulfonamides is 1. The highest BCUT2D eigenvalue weighted by atomic mass is 35.5. The Morgan fingerprint density at radius 1 is 1.03 bits per heavy atom. The number of rotatable bonds is 8. The minimum atomic E-state index is -3.95. The van der Waals surface area contributed by atoms with E-state index in [1.165, 1.54) is 30.3 Å². The average molecular weight is 463 g/mol. The molecule has 0 spiro atoms. The molecule has 3 aromatic rings. The Labute approximate surface area is 185 Å². The molecule has 0 saturated carbocycles. The molecule has 0 aromatic heterocycles. The number of nitrogens with one attached hydrogen (secondary N) is 2. The van der Waals surface area contributed by atoms with E-state index in [4.69, 9.17) is 16.3 Å². The highest BCUT2D eigenvalue weighted by Crippen LogP contribution is 2.24. The van der Waals surface area contributed by atoms with Crippen molar-refractivity contribution in [3.8, 4) is 5.75 Å². The highest BCUT2D eigenvalue weighted by molar-refractivity contribution is 7.92. The van der Waals surface area contributed by atoms with E-state index >= 15 is 0 Å². The molecule has 1 amide bonds. The second-order valence-electron chi connectivity index (χ2n) is 6.51. The van der Waals surface area contributed by atoms with Crippen LogP contribution in [-0.4, -0.2) is 20.9 Å². The first-order valence-corrected chi connectivity index (χ1v) is 11.2. The van der Waals surface area contributed by atoms with E-state index in [2.05, 4.69) is 10.0 Å². The van der Waals surface area contributed by atoms with E-state index in [1.807, 2.05) is 6.92 Å². The number of benzene rings is 3. The topological polar surface area (TPSA) is 84.5 Å². The Balaban J connectivity index is 1.75. The first-order valence-electron chi connectivity index (χ1n) is 9.36. The molecule has 31 heavy (non-hydrogen) atoms. The van der Waals surface area contributed by atoms with Crippen molar-refractivity contribution in [2.24, 2.45) is 0 Å². The molecule has 0 saturated heterocycles. The third-order valence-electron chi connectivity index (χ3n) is 4.28. The number of hydrogen-bond acceptors (Lipinski definition) is 4. The Kier molecular flexibility index (Phi) is 7.14. The van der Waals surface area contributed by atoms with Gasteiger partial charge in [0.2, 0.25) is 0 Å². The largest absolute Gasteiger partial charge is 0.494 e. The molecule has 3 rings (SSSR count). The lowest BCUT2D eigenvalue weighted by molar-refractivity contribution is 0.0951. The second-order valence-corrected chi connectivity index (χ2v) is 8.60. The van der Waals surface area contributed by atoms with E-state index in [0.29, 0.717) is 23.6 Å². The molecule has 0 radical (unpaired) electrons. The van der Waals surface area contributed by atoms with Gasteiger partial charge in [0.15, 0.2) is 0 Å². The van der Waals surface area contributed by atoms with E-state index in [1.54, 1.807) is 36.4 Å². The van der Waals surface area contributed by atoms with Crippen LogP contribution in [0.2, 0.25) is 5.02 Å². The zero-order valence-electron chi connectivity index (χ0n) is 16.6. The first kappa shape index (κ1) is 22.6. The van der Waals surface area contributed by atoms with Crippen molar-refractivity contribution in [1.29, 1.82) is 0 Å². The fourth-order valence-corrected chi connectivity index (χ4v) is 4.01. The van der Waals surface area contributed by atoms with Crippen LogP contribution in [0.1, 0.15) is 22.8 Å². The Hall–Kier alpha value is -3.10. The van der Waals surface area contributed by atoms with Crippen molar-refractivity contribution < 1.29 is 22.3 Å². The third-order valence-corrected chi connectivity index (χ3v) is 5.99. The lowest BCUT2D eigenvalue weighted by Crippen LogP contribution is -2.23. The maximum Gasteiger partial charge on any atom is 0.261 e. The van der Waals surface area contributed by atoms with Crippen LogP contribution < -0.4 is 14.8 Å². The molecule has 0 unspecified atom stereocenters. The normalized spacial score (nSPS) is 11.1. The number of halogens is 2. The Bertz CT molecular complexity index is 1170. The number of amides is 1. The van der Waals surface area contributed by atoms with Gasteiger partial charge < -0.3 is 10.1 Å². The molecule has 0 bridgehead atoms. The molecule has 162 valence electrons. The molecular weight excluding hydrogens is 443 g/mol. The van der Waals surface area contributed by atoms with Gasteiger partial charge in [-0.1, -0.05) is 23.7 Å². The predicted molar refractivity (Wildman–Crippen MR) is 117 cm³/mol. The van der Waals surface area contributed by atoms with E-state index < -0.39 is 15.9 Å². The van der Waals surface area contributed by atoms with Gasteiger partial charge in [0.05, 0.1) is 22.1 Å². The molecule has 0 atom stereocenters. The zero-order valence-corrected chi connectivity index (χ0v) is 18.1. The van der Waals surface area contributed by atoms with Crippen LogP contribution in [0.3, 0.4) is 0 Å².